The molecule has 2 atom stereocenters. The molecule has 0 bridgehead atoms. The maximum Gasteiger partial charge on any atom is 0.0844 e. The van der Waals surface area contributed by atoms with E-state index < -0.39 is 0 Å². The molecule has 0 spiro atoms. The van der Waals surface area contributed by atoms with Gasteiger partial charge in [-0.15, -0.1) is 11.3 Å². The zero-order valence-electron chi connectivity index (χ0n) is 9.73. The average Bonchev–Trinajstić information content (AvgIpc) is 2.83. The van der Waals surface area contributed by atoms with Crippen LogP contribution in [0.4, 0.5) is 0 Å². The van der Waals surface area contributed by atoms with Crippen LogP contribution in [0.5, 0.6) is 0 Å². The fraction of sp³-hybridized carbons (Fsp3) is 0.429. The van der Waals surface area contributed by atoms with E-state index in [1.165, 1.54) is 16.5 Å². The molecule has 2 aromatic rings. The van der Waals surface area contributed by atoms with Crippen LogP contribution in [0.3, 0.4) is 0 Å². The van der Waals surface area contributed by atoms with Gasteiger partial charge >= 0.3 is 0 Å². The Morgan fingerprint density at radius 3 is 3.06 bits per heavy atom. The molecule has 1 aliphatic rings. The Bertz CT molecular complexity index is 502. The Morgan fingerprint density at radius 2 is 2.24 bits per heavy atom. The summed E-state index contributed by atoms with van der Waals surface area (Å²) in [5.74, 6) is 0.363. The number of thiophene rings is 1. The highest BCUT2D eigenvalue weighted by atomic mass is 32.1. The van der Waals surface area contributed by atoms with Crippen LogP contribution in [0.15, 0.2) is 29.6 Å². The summed E-state index contributed by atoms with van der Waals surface area (Å²) in [5.41, 5.74) is 1.11. The third kappa shape index (κ3) is 2.10. The highest BCUT2D eigenvalue weighted by molar-refractivity contribution is 7.17. The first kappa shape index (κ1) is 11.2. The molecule has 2 nitrogen and oxygen atoms in total. The molecule has 2 heterocycles. The summed E-state index contributed by atoms with van der Waals surface area (Å²) in [6.07, 6.45) is 1.97. The summed E-state index contributed by atoms with van der Waals surface area (Å²) in [7, 11) is 0. The molecule has 0 amide bonds. The van der Waals surface area contributed by atoms with Crippen molar-refractivity contribution in [3.63, 3.8) is 0 Å². The van der Waals surface area contributed by atoms with Crippen molar-refractivity contribution in [3.8, 4) is 0 Å². The van der Waals surface area contributed by atoms with E-state index in [1.54, 1.807) is 11.3 Å². The molecular formula is C14H17NOS. The first-order valence-corrected chi connectivity index (χ1v) is 7.09. The van der Waals surface area contributed by atoms with E-state index in [-0.39, 0.29) is 6.10 Å². The van der Waals surface area contributed by atoms with Gasteiger partial charge in [0.15, 0.2) is 0 Å². The predicted octanol–water partition coefficient (Wildman–Crippen LogP) is 2.93. The molecule has 1 fully saturated rings. The van der Waals surface area contributed by atoms with Gasteiger partial charge in [0, 0.05) is 17.2 Å². The number of nitrogens with one attached hydrogen (secondary N) is 1. The third-order valence-corrected chi connectivity index (χ3v) is 4.59. The van der Waals surface area contributed by atoms with E-state index in [0.717, 1.165) is 25.1 Å². The van der Waals surface area contributed by atoms with Crippen molar-refractivity contribution in [2.24, 2.45) is 5.92 Å². The van der Waals surface area contributed by atoms with Gasteiger partial charge in [0.05, 0.1) is 6.10 Å². The van der Waals surface area contributed by atoms with Crippen molar-refractivity contribution in [2.75, 3.05) is 13.1 Å². The average molecular weight is 247 g/mol. The van der Waals surface area contributed by atoms with Gasteiger partial charge in [0.1, 0.15) is 0 Å². The summed E-state index contributed by atoms with van der Waals surface area (Å²) >= 11 is 1.73. The van der Waals surface area contributed by atoms with E-state index >= 15 is 0 Å². The van der Waals surface area contributed by atoms with Gasteiger partial charge in [0.25, 0.3) is 0 Å². The lowest BCUT2D eigenvalue weighted by Gasteiger charge is -2.27. The van der Waals surface area contributed by atoms with Gasteiger partial charge in [-0.1, -0.05) is 18.2 Å². The van der Waals surface area contributed by atoms with Crippen molar-refractivity contribution in [1.29, 1.82) is 0 Å². The zero-order valence-corrected chi connectivity index (χ0v) is 10.5. The fourth-order valence-corrected chi connectivity index (χ4v) is 3.62. The predicted molar refractivity (Wildman–Crippen MR) is 72.4 cm³/mol. The Kier molecular flexibility index (Phi) is 3.14. The van der Waals surface area contributed by atoms with Gasteiger partial charge in [-0.05, 0) is 41.8 Å². The molecule has 17 heavy (non-hydrogen) atoms. The Balaban J connectivity index is 1.92. The number of aliphatic hydroxyl groups excluding tert-OH is 1. The van der Waals surface area contributed by atoms with Crippen LogP contribution in [-0.2, 0) is 0 Å². The number of benzene rings is 1. The molecule has 3 heteroatoms. The largest absolute Gasteiger partial charge is 0.388 e. The highest BCUT2D eigenvalue weighted by Gasteiger charge is 2.24. The normalized spacial score (nSPS) is 22.8. The van der Waals surface area contributed by atoms with Crippen LogP contribution in [0.2, 0.25) is 0 Å². The third-order valence-electron chi connectivity index (χ3n) is 3.61. The van der Waals surface area contributed by atoms with Gasteiger partial charge in [-0.3, -0.25) is 0 Å². The molecule has 0 aliphatic carbocycles. The summed E-state index contributed by atoms with van der Waals surface area (Å²) < 4.78 is 1.27. The SMILES string of the molecule is OC(c1csc2ccccc12)C1CCCNC1. The van der Waals surface area contributed by atoms with Gasteiger partial charge in [0.2, 0.25) is 0 Å². The maximum absolute atomic E-state index is 10.5. The zero-order chi connectivity index (χ0) is 11.7. The quantitative estimate of drug-likeness (QED) is 0.855. The lowest BCUT2D eigenvalue weighted by molar-refractivity contribution is 0.0937. The summed E-state index contributed by atoms with van der Waals surface area (Å²) in [6, 6.07) is 8.33. The van der Waals surface area contributed by atoms with Gasteiger partial charge < -0.3 is 10.4 Å². The minimum absolute atomic E-state index is 0.320. The van der Waals surface area contributed by atoms with Crippen LogP contribution < -0.4 is 5.32 Å². The minimum Gasteiger partial charge on any atom is -0.388 e. The van der Waals surface area contributed by atoms with Crippen LogP contribution in [0.1, 0.15) is 24.5 Å². The maximum atomic E-state index is 10.5. The van der Waals surface area contributed by atoms with Crippen molar-refractivity contribution in [1.82, 2.24) is 5.32 Å². The highest BCUT2D eigenvalue weighted by Crippen LogP contribution is 2.35. The lowest BCUT2D eigenvalue weighted by atomic mass is 9.89. The summed E-state index contributed by atoms with van der Waals surface area (Å²) in [4.78, 5) is 0. The minimum atomic E-state index is -0.320. The topological polar surface area (TPSA) is 32.3 Å². The summed E-state index contributed by atoms with van der Waals surface area (Å²) in [6.45, 7) is 2.03. The smallest absolute Gasteiger partial charge is 0.0844 e. The molecule has 1 aliphatic heterocycles. The molecule has 2 N–H and O–H groups in total. The van der Waals surface area contributed by atoms with E-state index in [0.29, 0.717) is 5.92 Å². The van der Waals surface area contributed by atoms with Gasteiger partial charge in [-0.25, -0.2) is 0 Å². The number of piperidine rings is 1. The van der Waals surface area contributed by atoms with Crippen molar-refractivity contribution in [3.05, 3.63) is 35.2 Å². The standard InChI is InChI=1S/C14H17NOS/c16-14(10-4-3-7-15-8-10)12-9-17-13-6-2-1-5-11(12)13/h1-2,5-6,9-10,14-16H,3-4,7-8H2. The van der Waals surface area contributed by atoms with E-state index in [9.17, 15) is 5.11 Å². The molecule has 2 unspecified atom stereocenters. The van der Waals surface area contributed by atoms with Gasteiger partial charge in [-0.2, -0.15) is 0 Å². The van der Waals surface area contributed by atoms with E-state index in [1.807, 2.05) is 6.07 Å². The Labute approximate surface area is 105 Å². The molecule has 0 radical (unpaired) electrons. The monoisotopic (exact) mass is 247 g/mol. The number of hydrogen-bond acceptors (Lipinski definition) is 3. The van der Waals surface area contributed by atoms with Crippen LogP contribution in [-0.4, -0.2) is 18.2 Å². The molecule has 1 saturated heterocycles. The van der Waals surface area contributed by atoms with Crippen LogP contribution in [0, 0.1) is 5.92 Å². The lowest BCUT2D eigenvalue weighted by Crippen LogP contribution is -2.33. The molecule has 3 rings (SSSR count). The number of aliphatic hydroxyl groups is 1. The van der Waals surface area contributed by atoms with Crippen molar-refractivity contribution in [2.45, 2.75) is 18.9 Å². The molecular weight excluding hydrogens is 230 g/mol. The number of hydrogen-bond donors (Lipinski definition) is 2. The molecule has 1 aromatic carbocycles. The first-order valence-electron chi connectivity index (χ1n) is 6.21. The second-order valence-corrected chi connectivity index (χ2v) is 5.65. The molecule has 0 saturated carbocycles. The number of rotatable bonds is 2. The molecule has 90 valence electrons. The van der Waals surface area contributed by atoms with E-state index in [4.69, 9.17) is 0 Å². The van der Waals surface area contributed by atoms with Crippen molar-refractivity contribution < 1.29 is 5.11 Å². The fourth-order valence-electron chi connectivity index (χ4n) is 2.63. The van der Waals surface area contributed by atoms with E-state index in [2.05, 4.69) is 28.9 Å². The Hall–Kier alpha value is -0.900. The van der Waals surface area contributed by atoms with Crippen LogP contribution in [0.25, 0.3) is 10.1 Å². The summed E-state index contributed by atoms with van der Waals surface area (Å²) in [5, 5.41) is 17.2. The Morgan fingerprint density at radius 1 is 1.35 bits per heavy atom. The van der Waals surface area contributed by atoms with Crippen LogP contribution >= 0.6 is 11.3 Å². The van der Waals surface area contributed by atoms with Crippen molar-refractivity contribution >= 4 is 21.4 Å². The second-order valence-electron chi connectivity index (χ2n) is 4.74. The first-order chi connectivity index (χ1) is 8.36. The molecule has 1 aromatic heterocycles. The second kappa shape index (κ2) is 4.77. The number of fused-ring (bicyclic) bond motifs is 1.